The molecule has 0 spiro atoms. The van der Waals surface area contributed by atoms with Crippen LogP contribution in [0.1, 0.15) is 5.56 Å². The number of carbonyl (C=O) groups is 2. The molecule has 8 heteroatoms. The molecule has 1 heterocycles. The summed E-state index contributed by atoms with van der Waals surface area (Å²) >= 11 is 6.11. The van der Waals surface area contributed by atoms with Crippen molar-refractivity contribution in [1.29, 1.82) is 0 Å². The molecule has 0 bridgehead atoms. The number of nitrogens with one attached hydrogen (secondary N) is 2. The number of likely N-dealkylation sites (N-methyl/N-ethyl adjacent to an activating group) is 1. The number of rotatable bonds is 5. The first-order chi connectivity index (χ1) is 10.9. The maximum Gasteiger partial charge on any atom is 0.336 e. The first-order valence-electron chi connectivity index (χ1n) is 6.75. The van der Waals surface area contributed by atoms with E-state index in [-0.39, 0.29) is 29.8 Å². The second kappa shape index (κ2) is 7.15. The van der Waals surface area contributed by atoms with Crippen LogP contribution in [0.25, 0.3) is 11.0 Å². The molecule has 122 valence electrons. The van der Waals surface area contributed by atoms with Crippen LogP contribution in [0.15, 0.2) is 27.4 Å². The summed E-state index contributed by atoms with van der Waals surface area (Å²) in [5.74, 6) is -0.585. The Labute approximate surface area is 136 Å². The van der Waals surface area contributed by atoms with E-state index >= 15 is 0 Å². The van der Waals surface area contributed by atoms with Gasteiger partial charge in [-0.15, -0.1) is 0 Å². The molecule has 7 nitrogen and oxygen atoms in total. The van der Waals surface area contributed by atoms with Crippen LogP contribution in [0.5, 0.6) is 5.75 Å². The normalized spacial score (nSPS) is 10.4. The van der Waals surface area contributed by atoms with E-state index < -0.39 is 11.5 Å². The summed E-state index contributed by atoms with van der Waals surface area (Å²) in [5.41, 5.74) is 0.569. The molecule has 0 atom stereocenters. The van der Waals surface area contributed by atoms with Gasteiger partial charge in [-0.25, -0.2) is 4.79 Å². The molecule has 2 amide bonds. The predicted molar refractivity (Wildman–Crippen MR) is 84.8 cm³/mol. The van der Waals surface area contributed by atoms with E-state index in [1.54, 1.807) is 13.0 Å². The summed E-state index contributed by atoms with van der Waals surface area (Å²) in [6.45, 7) is 1.30. The van der Waals surface area contributed by atoms with Gasteiger partial charge in [0.05, 0.1) is 11.6 Å². The number of carbonyl (C=O) groups excluding carboxylic acids is 2. The van der Waals surface area contributed by atoms with Gasteiger partial charge in [0.15, 0.2) is 6.61 Å². The SMILES string of the molecule is CNC(=O)CNC(=O)COc1cc2oc(=O)cc(C)c2cc1Cl. The van der Waals surface area contributed by atoms with Gasteiger partial charge < -0.3 is 19.8 Å². The maximum atomic E-state index is 11.6. The van der Waals surface area contributed by atoms with Crippen molar-refractivity contribution in [1.82, 2.24) is 10.6 Å². The van der Waals surface area contributed by atoms with E-state index in [1.807, 2.05) is 0 Å². The van der Waals surface area contributed by atoms with Crippen molar-refractivity contribution in [2.45, 2.75) is 6.92 Å². The second-order valence-corrected chi connectivity index (χ2v) is 5.17. The van der Waals surface area contributed by atoms with Gasteiger partial charge in [0, 0.05) is 24.6 Å². The third kappa shape index (κ3) is 4.23. The molecule has 0 aliphatic carbocycles. The summed E-state index contributed by atoms with van der Waals surface area (Å²) < 4.78 is 10.4. The lowest BCUT2D eigenvalue weighted by molar-refractivity contribution is -0.127. The molecular weight excluding hydrogens is 324 g/mol. The molecule has 2 N–H and O–H groups in total. The molecule has 0 radical (unpaired) electrons. The Morgan fingerprint density at radius 2 is 2.00 bits per heavy atom. The molecule has 1 aromatic carbocycles. The van der Waals surface area contributed by atoms with Gasteiger partial charge in [0.25, 0.3) is 5.91 Å². The first kappa shape index (κ1) is 16.8. The number of amides is 2. The van der Waals surface area contributed by atoms with E-state index in [2.05, 4.69) is 10.6 Å². The highest BCUT2D eigenvalue weighted by molar-refractivity contribution is 6.32. The van der Waals surface area contributed by atoms with E-state index in [0.29, 0.717) is 11.0 Å². The zero-order valence-corrected chi connectivity index (χ0v) is 13.3. The van der Waals surface area contributed by atoms with Crippen LogP contribution in [-0.4, -0.2) is 32.0 Å². The van der Waals surface area contributed by atoms with Gasteiger partial charge >= 0.3 is 5.63 Å². The highest BCUT2D eigenvalue weighted by Crippen LogP contribution is 2.30. The topological polar surface area (TPSA) is 97.6 Å². The number of fused-ring (bicyclic) bond motifs is 1. The zero-order valence-electron chi connectivity index (χ0n) is 12.6. The standard InChI is InChI=1S/C15H15ClN2O5/c1-8-3-15(21)23-11-5-12(10(16)4-9(8)11)22-7-14(20)18-6-13(19)17-2/h3-5H,6-7H2,1-2H3,(H,17,19)(H,18,20). The Morgan fingerprint density at radius 1 is 1.26 bits per heavy atom. The Bertz CT molecular complexity index is 815. The summed E-state index contributed by atoms with van der Waals surface area (Å²) in [5, 5.41) is 5.73. The number of benzene rings is 1. The maximum absolute atomic E-state index is 11.6. The molecule has 0 saturated carbocycles. The lowest BCUT2D eigenvalue weighted by atomic mass is 10.1. The van der Waals surface area contributed by atoms with Gasteiger partial charge in [-0.1, -0.05) is 11.6 Å². The quantitative estimate of drug-likeness (QED) is 0.792. The average molecular weight is 339 g/mol. The van der Waals surface area contributed by atoms with Crippen molar-refractivity contribution in [3.8, 4) is 5.75 Å². The molecule has 0 unspecified atom stereocenters. The van der Waals surface area contributed by atoms with Gasteiger partial charge in [0.2, 0.25) is 5.91 Å². The monoisotopic (exact) mass is 338 g/mol. The fraction of sp³-hybridized carbons (Fsp3) is 0.267. The van der Waals surface area contributed by atoms with Gasteiger partial charge in [-0.3, -0.25) is 9.59 Å². The number of ether oxygens (including phenoxy) is 1. The van der Waals surface area contributed by atoms with E-state index in [0.717, 1.165) is 5.56 Å². The van der Waals surface area contributed by atoms with Crippen LogP contribution >= 0.6 is 11.6 Å². The molecule has 23 heavy (non-hydrogen) atoms. The molecule has 0 aliphatic heterocycles. The first-order valence-corrected chi connectivity index (χ1v) is 7.12. The van der Waals surface area contributed by atoms with Crippen LogP contribution in [-0.2, 0) is 9.59 Å². The van der Waals surface area contributed by atoms with Crippen LogP contribution in [0.4, 0.5) is 0 Å². The lowest BCUT2D eigenvalue weighted by Gasteiger charge is -2.10. The van der Waals surface area contributed by atoms with Gasteiger partial charge in [0.1, 0.15) is 11.3 Å². The van der Waals surface area contributed by atoms with Crippen molar-refractivity contribution in [3.63, 3.8) is 0 Å². The average Bonchev–Trinajstić information content (AvgIpc) is 2.51. The molecule has 0 fully saturated rings. The van der Waals surface area contributed by atoms with Gasteiger partial charge in [-0.05, 0) is 18.6 Å². The minimum Gasteiger partial charge on any atom is -0.482 e. The summed E-state index contributed by atoms with van der Waals surface area (Å²) in [7, 11) is 1.47. The summed E-state index contributed by atoms with van der Waals surface area (Å²) in [6.07, 6.45) is 0. The van der Waals surface area contributed by atoms with Crippen molar-refractivity contribution < 1.29 is 18.7 Å². The Hall–Kier alpha value is -2.54. The van der Waals surface area contributed by atoms with Crippen molar-refractivity contribution in [2.24, 2.45) is 0 Å². The Morgan fingerprint density at radius 3 is 2.70 bits per heavy atom. The van der Waals surface area contributed by atoms with Crippen molar-refractivity contribution in [3.05, 3.63) is 39.2 Å². The van der Waals surface area contributed by atoms with Crippen molar-refractivity contribution in [2.75, 3.05) is 20.2 Å². The number of aryl methyl sites for hydroxylation is 1. The molecule has 1 aromatic heterocycles. The third-order valence-electron chi connectivity index (χ3n) is 3.09. The molecule has 0 aliphatic rings. The van der Waals surface area contributed by atoms with Crippen LogP contribution < -0.4 is 21.0 Å². The fourth-order valence-corrected chi connectivity index (χ4v) is 2.11. The minimum atomic E-state index is -0.480. The van der Waals surface area contributed by atoms with Crippen molar-refractivity contribution >= 4 is 34.4 Å². The highest BCUT2D eigenvalue weighted by Gasteiger charge is 2.11. The van der Waals surface area contributed by atoms with Crippen LogP contribution in [0.3, 0.4) is 0 Å². The van der Waals surface area contributed by atoms with E-state index in [9.17, 15) is 14.4 Å². The Balaban J connectivity index is 2.11. The molecule has 2 rings (SSSR count). The lowest BCUT2D eigenvalue weighted by Crippen LogP contribution is -2.37. The smallest absolute Gasteiger partial charge is 0.336 e. The summed E-state index contributed by atoms with van der Waals surface area (Å²) in [6, 6.07) is 4.43. The number of halogens is 1. The molecule has 0 saturated heterocycles. The number of hydrogen-bond acceptors (Lipinski definition) is 5. The highest BCUT2D eigenvalue weighted by atomic mass is 35.5. The minimum absolute atomic E-state index is 0.141. The fourth-order valence-electron chi connectivity index (χ4n) is 1.89. The predicted octanol–water partition coefficient (Wildman–Crippen LogP) is 0.996. The number of hydrogen-bond donors (Lipinski definition) is 2. The molecular formula is C15H15ClN2O5. The van der Waals surface area contributed by atoms with E-state index in [4.69, 9.17) is 20.8 Å². The largest absolute Gasteiger partial charge is 0.482 e. The summed E-state index contributed by atoms with van der Waals surface area (Å²) in [4.78, 5) is 34.0. The molecule has 2 aromatic rings. The van der Waals surface area contributed by atoms with Gasteiger partial charge in [-0.2, -0.15) is 0 Å². The van der Waals surface area contributed by atoms with E-state index in [1.165, 1.54) is 19.2 Å². The zero-order chi connectivity index (χ0) is 17.0. The van der Waals surface area contributed by atoms with Crippen LogP contribution in [0, 0.1) is 6.92 Å². The Kier molecular flexibility index (Phi) is 5.23. The third-order valence-corrected chi connectivity index (χ3v) is 3.38. The van der Waals surface area contributed by atoms with Crippen LogP contribution in [0.2, 0.25) is 5.02 Å². The second-order valence-electron chi connectivity index (χ2n) is 4.77.